The number of thiocarbonyl (C=S) groups is 1. The lowest BCUT2D eigenvalue weighted by Gasteiger charge is -2.34. The highest BCUT2D eigenvalue weighted by molar-refractivity contribution is 7.80. The predicted octanol–water partition coefficient (Wildman–Crippen LogP) is 0.648. The molecule has 0 bridgehead atoms. The molecule has 2 N–H and O–H groups in total. The van der Waals surface area contributed by atoms with Gasteiger partial charge in [0.25, 0.3) is 0 Å². The molecule has 3 nitrogen and oxygen atoms in total. The number of hydrogen-bond donors (Lipinski definition) is 1. The van der Waals surface area contributed by atoms with E-state index in [1.54, 1.807) is 0 Å². The lowest BCUT2D eigenvalue weighted by Crippen LogP contribution is -2.50. The Balaban J connectivity index is 2.18. The summed E-state index contributed by atoms with van der Waals surface area (Å²) < 4.78 is 0. The second kappa shape index (κ2) is 5.40. The van der Waals surface area contributed by atoms with Gasteiger partial charge in [-0.15, -0.1) is 0 Å². The smallest absolute Gasteiger partial charge is 0.166 e. The molecular formula is C9H19N3S. The van der Waals surface area contributed by atoms with Crippen LogP contribution in [0.5, 0.6) is 0 Å². The second-order valence-corrected chi connectivity index (χ2v) is 3.94. The third kappa shape index (κ3) is 3.48. The molecule has 0 aliphatic carbocycles. The van der Waals surface area contributed by atoms with Crippen molar-refractivity contribution in [2.75, 3.05) is 32.7 Å². The molecule has 0 aromatic rings. The van der Waals surface area contributed by atoms with Crippen molar-refractivity contribution in [3.63, 3.8) is 0 Å². The van der Waals surface area contributed by atoms with E-state index in [1.807, 2.05) is 0 Å². The van der Waals surface area contributed by atoms with Crippen LogP contribution in [0.3, 0.4) is 0 Å². The highest BCUT2D eigenvalue weighted by Crippen LogP contribution is 2.02. The van der Waals surface area contributed by atoms with Crippen LogP contribution in [0.25, 0.3) is 0 Å². The van der Waals surface area contributed by atoms with E-state index < -0.39 is 0 Å². The molecule has 1 saturated heterocycles. The van der Waals surface area contributed by atoms with Gasteiger partial charge in [0, 0.05) is 26.2 Å². The summed E-state index contributed by atoms with van der Waals surface area (Å²) in [4.78, 5) is 4.57. The number of nitrogens with zero attached hydrogens (tertiary/aromatic N) is 2. The van der Waals surface area contributed by atoms with E-state index in [0.717, 1.165) is 26.2 Å². The van der Waals surface area contributed by atoms with Gasteiger partial charge in [-0.25, -0.2) is 0 Å². The molecule has 0 spiro atoms. The van der Waals surface area contributed by atoms with E-state index in [1.165, 1.54) is 19.4 Å². The molecule has 0 radical (unpaired) electrons. The maximum absolute atomic E-state index is 5.55. The minimum absolute atomic E-state index is 0.551. The molecule has 1 rings (SSSR count). The Morgan fingerprint density at radius 1 is 1.31 bits per heavy atom. The van der Waals surface area contributed by atoms with Gasteiger partial charge in [0.15, 0.2) is 5.11 Å². The van der Waals surface area contributed by atoms with Crippen LogP contribution in [0.1, 0.15) is 19.8 Å². The molecule has 76 valence electrons. The van der Waals surface area contributed by atoms with Crippen LogP contribution in [0.4, 0.5) is 0 Å². The second-order valence-electron chi connectivity index (χ2n) is 3.52. The molecule has 0 aromatic heterocycles. The van der Waals surface area contributed by atoms with Crippen LogP contribution in [0, 0.1) is 0 Å². The van der Waals surface area contributed by atoms with Crippen molar-refractivity contribution >= 4 is 17.3 Å². The van der Waals surface area contributed by atoms with Crippen molar-refractivity contribution in [3.05, 3.63) is 0 Å². The van der Waals surface area contributed by atoms with Crippen LogP contribution in [-0.4, -0.2) is 47.6 Å². The largest absolute Gasteiger partial charge is 0.376 e. The Hall–Kier alpha value is -0.350. The van der Waals surface area contributed by atoms with E-state index >= 15 is 0 Å². The van der Waals surface area contributed by atoms with Gasteiger partial charge in [0.05, 0.1) is 0 Å². The minimum atomic E-state index is 0.551. The normalized spacial score (nSPS) is 19.0. The van der Waals surface area contributed by atoms with Crippen LogP contribution >= 0.6 is 12.2 Å². The van der Waals surface area contributed by atoms with Crippen molar-refractivity contribution in [2.24, 2.45) is 5.73 Å². The van der Waals surface area contributed by atoms with Crippen molar-refractivity contribution in [1.29, 1.82) is 0 Å². The SMILES string of the molecule is CCCCN1CCN(C(N)=S)CC1. The summed E-state index contributed by atoms with van der Waals surface area (Å²) in [6.45, 7) is 7.67. The summed E-state index contributed by atoms with van der Waals surface area (Å²) in [6, 6.07) is 0. The molecular weight excluding hydrogens is 182 g/mol. The summed E-state index contributed by atoms with van der Waals surface area (Å²) >= 11 is 4.93. The van der Waals surface area contributed by atoms with Crippen molar-refractivity contribution in [2.45, 2.75) is 19.8 Å². The van der Waals surface area contributed by atoms with Gasteiger partial charge in [-0.05, 0) is 25.2 Å². The van der Waals surface area contributed by atoms with Gasteiger partial charge in [-0.3, -0.25) is 4.90 Å². The molecule has 1 aliphatic rings. The van der Waals surface area contributed by atoms with E-state index in [9.17, 15) is 0 Å². The van der Waals surface area contributed by atoms with Crippen molar-refractivity contribution in [1.82, 2.24) is 9.80 Å². The van der Waals surface area contributed by atoms with E-state index in [4.69, 9.17) is 18.0 Å². The minimum Gasteiger partial charge on any atom is -0.376 e. The quantitative estimate of drug-likeness (QED) is 0.680. The summed E-state index contributed by atoms with van der Waals surface area (Å²) in [7, 11) is 0. The molecule has 4 heteroatoms. The van der Waals surface area contributed by atoms with Crippen LogP contribution < -0.4 is 5.73 Å². The summed E-state index contributed by atoms with van der Waals surface area (Å²) in [6.07, 6.45) is 2.57. The highest BCUT2D eigenvalue weighted by Gasteiger charge is 2.16. The zero-order valence-corrected chi connectivity index (χ0v) is 9.15. The number of nitrogens with two attached hydrogens (primary N) is 1. The first kappa shape index (κ1) is 10.7. The maximum atomic E-state index is 5.55. The predicted molar refractivity (Wildman–Crippen MR) is 59.7 cm³/mol. The molecule has 0 aromatic carbocycles. The van der Waals surface area contributed by atoms with Crippen LogP contribution in [0.2, 0.25) is 0 Å². The fraction of sp³-hybridized carbons (Fsp3) is 0.889. The number of hydrogen-bond acceptors (Lipinski definition) is 2. The standard InChI is InChI=1S/C9H19N3S/c1-2-3-4-11-5-7-12(8-6-11)9(10)13/h2-8H2,1H3,(H2,10,13). The average molecular weight is 201 g/mol. The molecule has 1 heterocycles. The molecule has 0 unspecified atom stereocenters. The van der Waals surface area contributed by atoms with Gasteiger partial charge in [0.2, 0.25) is 0 Å². The highest BCUT2D eigenvalue weighted by atomic mass is 32.1. The summed E-state index contributed by atoms with van der Waals surface area (Å²) in [5.41, 5.74) is 5.55. The Labute approximate surface area is 85.9 Å². The first-order valence-electron chi connectivity index (χ1n) is 5.00. The van der Waals surface area contributed by atoms with Crippen LogP contribution in [0.15, 0.2) is 0 Å². The van der Waals surface area contributed by atoms with Crippen molar-refractivity contribution < 1.29 is 0 Å². The Morgan fingerprint density at radius 2 is 1.92 bits per heavy atom. The zero-order chi connectivity index (χ0) is 9.68. The van der Waals surface area contributed by atoms with Gasteiger partial charge in [0.1, 0.15) is 0 Å². The molecule has 0 saturated carbocycles. The molecule has 0 atom stereocenters. The van der Waals surface area contributed by atoms with Crippen molar-refractivity contribution in [3.8, 4) is 0 Å². The zero-order valence-electron chi connectivity index (χ0n) is 8.33. The van der Waals surface area contributed by atoms with E-state index in [2.05, 4.69) is 16.7 Å². The molecule has 1 aliphatic heterocycles. The maximum Gasteiger partial charge on any atom is 0.166 e. The Kier molecular flexibility index (Phi) is 4.45. The summed E-state index contributed by atoms with van der Waals surface area (Å²) in [5, 5.41) is 0.551. The fourth-order valence-electron chi connectivity index (χ4n) is 1.57. The third-order valence-corrected chi connectivity index (χ3v) is 2.77. The molecule has 1 fully saturated rings. The summed E-state index contributed by atoms with van der Waals surface area (Å²) in [5.74, 6) is 0. The number of rotatable bonds is 3. The van der Waals surface area contributed by atoms with Crippen LogP contribution in [-0.2, 0) is 0 Å². The van der Waals surface area contributed by atoms with Gasteiger partial charge in [-0.2, -0.15) is 0 Å². The van der Waals surface area contributed by atoms with E-state index in [0.29, 0.717) is 5.11 Å². The Morgan fingerprint density at radius 3 is 2.38 bits per heavy atom. The molecule has 13 heavy (non-hydrogen) atoms. The average Bonchev–Trinajstić information content (AvgIpc) is 2.15. The van der Waals surface area contributed by atoms with Gasteiger partial charge >= 0.3 is 0 Å². The number of unbranched alkanes of at least 4 members (excludes halogenated alkanes) is 1. The topological polar surface area (TPSA) is 32.5 Å². The monoisotopic (exact) mass is 201 g/mol. The molecule has 0 amide bonds. The number of piperazine rings is 1. The fourth-order valence-corrected chi connectivity index (χ4v) is 1.76. The third-order valence-electron chi connectivity index (χ3n) is 2.51. The lowest BCUT2D eigenvalue weighted by molar-refractivity contribution is 0.181. The lowest BCUT2D eigenvalue weighted by atomic mass is 10.2. The van der Waals surface area contributed by atoms with E-state index in [-0.39, 0.29) is 0 Å². The first-order valence-corrected chi connectivity index (χ1v) is 5.41. The first-order chi connectivity index (χ1) is 6.24. The van der Waals surface area contributed by atoms with Gasteiger partial charge in [-0.1, -0.05) is 13.3 Å². The van der Waals surface area contributed by atoms with Gasteiger partial charge < -0.3 is 10.6 Å². The Bertz CT molecular complexity index is 164.